The van der Waals surface area contributed by atoms with E-state index in [9.17, 15) is 4.79 Å². The van der Waals surface area contributed by atoms with E-state index >= 15 is 0 Å². The highest BCUT2D eigenvalue weighted by Gasteiger charge is 2.26. The van der Waals surface area contributed by atoms with Gasteiger partial charge in [0.1, 0.15) is 0 Å². The van der Waals surface area contributed by atoms with Crippen LogP contribution in [-0.2, 0) is 18.3 Å². The van der Waals surface area contributed by atoms with Crippen LogP contribution in [0.15, 0.2) is 30.8 Å². The molecule has 0 radical (unpaired) electrons. The number of primary amides is 1. The van der Waals surface area contributed by atoms with Crippen molar-refractivity contribution >= 4 is 11.5 Å². The van der Waals surface area contributed by atoms with Crippen molar-refractivity contribution in [1.82, 2.24) is 25.1 Å². The Balaban J connectivity index is 1.66. The second-order valence-electron chi connectivity index (χ2n) is 6.10. The fourth-order valence-electron chi connectivity index (χ4n) is 3.19. The third-order valence-electron chi connectivity index (χ3n) is 4.48. The van der Waals surface area contributed by atoms with Gasteiger partial charge in [-0.1, -0.05) is 30.8 Å². The zero-order valence-electron chi connectivity index (χ0n) is 13.9. The summed E-state index contributed by atoms with van der Waals surface area (Å²) in [5.74, 6) is 0.290. The Morgan fingerprint density at radius 1 is 1.38 bits per heavy atom. The van der Waals surface area contributed by atoms with Gasteiger partial charge >= 0.3 is 0 Å². The van der Waals surface area contributed by atoms with Crippen molar-refractivity contribution in [1.29, 1.82) is 0 Å². The van der Waals surface area contributed by atoms with E-state index in [1.165, 1.54) is 16.8 Å². The van der Waals surface area contributed by atoms with Gasteiger partial charge in [-0.05, 0) is 35.7 Å². The van der Waals surface area contributed by atoms with Gasteiger partial charge in [-0.25, -0.2) is 0 Å². The average molecular weight is 326 g/mol. The number of likely N-dealkylation sites (tertiary alicyclic amines) is 1. The number of hydrogen-bond donors (Lipinski definition) is 1. The molecular formula is C17H22N6O. The lowest BCUT2D eigenvalue weighted by Gasteiger charge is -2.24. The molecule has 7 heteroatoms. The number of hydrogen-bond acceptors (Lipinski definition) is 5. The Kier molecular flexibility index (Phi) is 4.71. The first-order valence-corrected chi connectivity index (χ1v) is 8.10. The molecule has 126 valence electrons. The molecule has 1 aromatic carbocycles. The number of tetrazole rings is 1. The minimum atomic E-state index is -0.485. The summed E-state index contributed by atoms with van der Waals surface area (Å²) in [6, 6.07) is 8.35. The Bertz CT molecular complexity index is 736. The number of benzene rings is 1. The first kappa shape index (κ1) is 16.3. The summed E-state index contributed by atoms with van der Waals surface area (Å²) in [6.07, 6.45) is 3.10. The number of amides is 1. The Hall–Kier alpha value is -2.54. The number of aryl methyl sites for hydroxylation is 1. The van der Waals surface area contributed by atoms with E-state index in [2.05, 4.69) is 39.0 Å². The summed E-state index contributed by atoms with van der Waals surface area (Å²) in [5.41, 5.74) is 7.66. The minimum Gasteiger partial charge on any atom is -0.366 e. The summed E-state index contributed by atoms with van der Waals surface area (Å²) in [5, 5.41) is 12.1. The number of carbonyl (C=O) groups is 1. The normalized spacial score (nSPS) is 18.0. The maximum atomic E-state index is 11.2. The van der Waals surface area contributed by atoms with Gasteiger partial charge in [-0.15, -0.1) is 10.2 Å². The van der Waals surface area contributed by atoms with E-state index in [4.69, 9.17) is 5.73 Å². The van der Waals surface area contributed by atoms with Crippen LogP contribution < -0.4 is 5.73 Å². The van der Waals surface area contributed by atoms with Crippen molar-refractivity contribution in [2.75, 3.05) is 13.1 Å². The van der Waals surface area contributed by atoms with Gasteiger partial charge < -0.3 is 5.73 Å². The number of aromatic nitrogens is 4. The molecule has 2 heterocycles. The number of rotatable bonds is 6. The Labute approximate surface area is 141 Å². The highest BCUT2D eigenvalue weighted by Crippen LogP contribution is 2.32. The maximum absolute atomic E-state index is 11.2. The Morgan fingerprint density at radius 3 is 2.75 bits per heavy atom. The molecule has 3 rings (SSSR count). The van der Waals surface area contributed by atoms with Crippen molar-refractivity contribution < 1.29 is 4.79 Å². The van der Waals surface area contributed by atoms with Crippen LogP contribution in [0.5, 0.6) is 0 Å². The zero-order valence-corrected chi connectivity index (χ0v) is 13.9. The lowest BCUT2D eigenvalue weighted by Crippen LogP contribution is -2.26. The van der Waals surface area contributed by atoms with Crippen LogP contribution >= 0.6 is 0 Å². The van der Waals surface area contributed by atoms with E-state index in [1.807, 2.05) is 12.1 Å². The molecule has 7 nitrogen and oxygen atoms in total. The molecule has 1 saturated heterocycles. The largest absolute Gasteiger partial charge is 0.366 e. The van der Waals surface area contributed by atoms with Crippen LogP contribution in [0.3, 0.4) is 0 Å². The van der Waals surface area contributed by atoms with E-state index in [0.29, 0.717) is 11.6 Å². The van der Waals surface area contributed by atoms with Gasteiger partial charge in [0.15, 0.2) is 5.82 Å². The van der Waals surface area contributed by atoms with Crippen LogP contribution in [0.25, 0.3) is 5.57 Å². The zero-order chi connectivity index (χ0) is 17.1. The molecule has 1 amide bonds. The molecular weight excluding hydrogens is 304 g/mol. The van der Waals surface area contributed by atoms with Crippen molar-refractivity contribution in [3.8, 4) is 0 Å². The molecule has 1 aromatic heterocycles. The molecule has 0 spiro atoms. The van der Waals surface area contributed by atoms with Crippen molar-refractivity contribution in [3.63, 3.8) is 0 Å². The molecule has 0 aliphatic carbocycles. The predicted molar refractivity (Wildman–Crippen MR) is 90.7 cm³/mol. The average Bonchev–Trinajstić information content (AvgIpc) is 3.21. The van der Waals surface area contributed by atoms with Gasteiger partial charge in [0, 0.05) is 24.6 Å². The quantitative estimate of drug-likeness (QED) is 0.803. The predicted octanol–water partition coefficient (Wildman–Crippen LogP) is 1.09. The molecule has 1 atom stereocenters. The number of nitrogens with two attached hydrogens (primary N) is 1. The Morgan fingerprint density at radius 2 is 2.12 bits per heavy atom. The summed E-state index contributed by atoms with van der Waals surface area (Å²) >= 11 is 0. The first-order valence-electron chi connectivity index (χ1n) is 8.10. The number of nitrogens with zero attached hydrogens (tertiary/aromatic N) is 5. The van der Waals surface area contributed by atoms with Gasteiger partial charge in [0.05, 0.1) is 7.05 Å². The van der Waals surface area contributed by atoms with Crippen molar-refractivity contribution in [3.05, 3.63) is 47.8 Å². The third-order valence-corrected chi connectivity index (χ3v) is 4.48. The van der Waals surface area contributed by atoms with Crippen LogP contribution in [0, 0.1) is 0 Å². The number of carbonyl (C=O) groups excluding carboxylic acids is 1. The molecule has 0 saturated carbocycles. The highest BCUT2D eigenvalue weighted by molar-refractivity contribution is 6.17. The smallest absolute Gasteiger partial charge is 0.248 e. The third kappa shape index (κ3) is 3.51. The summed E-state index contributed by atoms with van der Waals surface area (Å²) in [6.45, 7) is 5.70. The van der Waals surface area contributed by atoms with Crippen LogP contribution in [0.2, 0.25) is 0 Å². The van der Waals surface area contributed by atoms with Gasteiger partial charge in [0.25, 0.3) is 0 Å². The molecule has 1 aliphatic heterocycles. The SMILES string of the molecule is C=C(C(N)=O)c1ccc(C2CCCN2CCc2nnn(C)n2)cc1. The lowest BCUT2D eigenvalue weighted by molar-refractivity contribution is -0.112. The van der Waals surface area contributed by atoms with Crippen LogP contribution in [-0.4, -0.2) is 44.1 Å². The molecule has 2 aromatic rings. The van der Waals surface area contributed by atoms with Crippen LogP contribution in [0.1, 0.15) is 35.8 Å². The van der Waals surface area contributed by atoms with Crippen LogP contribution in [0.4, 0.5) is 0 Å². The molecule has 0 bridgehead atoms. The minimum absolute atomic E-state index is 0.346. The molecule has 1 unspecified atom stereocenters. The van der Waals surface area contributed by atoms with Gasteiger partial charge in [-0.2, -0.15) is 4.80 Å². The van der Waals surface area contributed by atoms with E-state index in [1.54, 1.807) is 7.05 Å². The molecule has 24 heavy (non-hydrogen) atoms. The van der Waals surface area contributed by atoms with Gasteiger partial charge in [0.2, 0.25) is 5.91 Å². The highest BCUT2D eigenvalue weighted by atomic mass is 16.1. The molecule has 1 fully saturated rings. The van der Waals surface area contributed by atoms with Gasteiger partial charge in [-0.3, -0.25) is 9.69 Å². The summed E-state index contributed by atoms with van der Waals surface area (Å²) in [7, 11) is 1.77. The van der Waals surface area contributed by atoms with E-state index in [0.717, 1.165) is 37.3 Å². The monoisotopic (exact) mass is 326 g/mol. The second-order valence-corrected chi connectivity index (χ2v) is 6.10. The summed E-state index contributed by atoms with van der Waals surface area (Å²) in [4.78, 5) is 15.2. The fourth-order valence-corrected chi connectivity index (χ4v) is 3.19. The fraction of sp³-hybridized carbons (Fsp3) is 0.412. The lowest BCUT2D eigenvalue weighted by atomic mass is 10.00. The standard InChI is InChI=1S/C17H22N6O/c1-12(17(18)24)13-5-7-14(8-6-13)15-4-3-10-23(15)11-9-16-19-21-22(2)20-16/h5-8,15H,1,3-4,9-11H2,2H3,(H2,18,24). The maximum Gasteiger partial charge on any atom is 0.248 e. The van der Waals surface area contributed by atoms with E-state index in [-0.39, 0.29) is 0 Å². The topological polar surface area (TPSA) is 89.9 Å². The first-order chi connectivity index (χ1) is 11.5. The molecule has 1 aliphatic rings. The van der Waals surface area contributed by atoms with E-state index < -0.39 is 5.91 Å². The second kappa shape index (κ2) is 6.92. The van der Waals surface area contributed by atoms with Crippen molar-refractivity contribution in [2.24, 2.45) is 12.8 Å². The molecule has 2 N–H and O–H groups in total. The van der Waals surface area contributed by atoms with Crippen molar-refractivity contribution in [2.45, 2.75) is 25.3 Å². The summed E-state index contributed by atoms with van der Waals surface area (Å²) < 4.78 is 0.